The van der Waals surface area contributed by atoms with Crippen molar-refractivity contribution in [3.63, 3.8) is 0 Å². The number of rotatable bonds is 3. The predicted molar refractivity (Wildman–Crippen MR) is 75.8 cm³/mol. The average molecular weight is 304 g/mol. The van der Waals surface area contributed by atoms with Gasteiger partial charge >= 0.3 is 0 Å². The minimum Gasteiger partial charge on any atom is -0.381 e. The summed E-state index contributed by atoms with van der Waals surface area (Å²) < 4.78 is 29.7. The Kier molecular flexibility index (Phi) is 5.04. The third-order valence-corrected chi connectivity index (χ3v) is 5.66. The van der Waals surface area contributed by atoms with E-state index in [0.29, 0.717) is 25.9 Å². The van der Waals surface area contributed by atoms with E-state index in [9.17, 15) is 13.2 Å². The van der Waals surface area contributed by atoms with Crippen LogP contribution in [0.25, 0.3) is 0 Å². The Hall–Kier alpha value is -0.660. The molecule has 2 aliphatic heterocycles. The molecule has 0 spiro atoms. The number of likely N-dealkylation sites (tertiary alicyclic amines) is 1. The Morgan fingerprint density at radius 2 is 1.60 bits per heavy atom. The highest BCUT2D eigenvalue weighted by Gasteiger charge is 2.32. The van der Waals surface area contributed by atoms with Crippen molar-refractivity contribution in [3.05, 3.63) is 0 Å². The summed E-state index contributed by atoms with van der Waals surface area (Å²) in [5.41, 5.74) is 0. The number of carbonyl (C=O) groups excluding carboxylic acids is 1. The van der Waals surface area contributed by atoms with Crippen LogP contribution in [0.3, 0.4) is 0 Å². The van der Waals surface area contributed by atoms with Crippen molar-refractivity contribution < 1.29 is 17.9 Å². The van der Waals surface area contributed by atoms with E-state index < -0.39 is 10.0 Å². The number of amides is 1. The molecule has 0 aliphatic carbocycles. The third-order valence-electron chi connectivity index (χ3n) is 4.36. The molecule has 0 aromatic rings. The number of hydrogen-bond donors (Lipinski definition) is 0. The maximum Gasteiger partial charge on any atom is 0.225 e. The molecule has 0 unspecified atom stereocenters. The molecule has 2 heterocycles. The first-order valence-electron chi connectivity index (χ1n) is 7.18. The second-order valence-corrected chi connectivity index (χ2v) is 7.68. The molecule has 116 valence electrons. The Labute approximate surface area is 121 Å². The van der Waals surface area contributed by atoms with Gasteiger partial charge in [-0.25, -0.2) is 12.7 Å². The summed E-state index contributed by atoms with van der Waals surface area (Å²) in [4.78, 5) is 14.3. The van der Waals surface area contributed by atoms with Crippen molar-refractivity contribution in [1.82, 2.24) is 9.21 Å². The molecule has 0 bridgehead atoms. The van der Waals surface area contributed by atoms with Crippen LogP contribution < -0.4 is 0 Å². The molecule has 2 saturated heterocycles. The van der Waals surface area contributed by atoms with Gasteiger partial charge in [-0.3, -0.25) is 4.79 Å². The van der Waals surface area contributed by atoms with Crippen LogP contribution in [0.15, 0.2) is 0 Å². The molecule has 0 radical (unpaired) electrons. The Morgan fingerprint density at radius 1 is 1.05 bits per heavy atom. The largest absolute Gasteiger partial charge is 0.381 e. The quantitative estimate of drug-likeness (QED) is 0.752. The van der Waals surface area contributed by atoms with Gasteiger partial charge in [0.1, 0.15) is 0 Å². The van der Waals surface area contributed by atoms with Crippen LogP contribution in [-0.4, -0.2) is 69.2 Å². The van der Waals surface area contributed by atoms with Crippen molar-refractivity contribution in [3.8, 4) is 0 Å². The molecule has 2 aliphatic rings. The summed E-state index contributed by atoms with van der Waals surface area (Å²) in [5.74, 6) is 0.166. The van der Waals surface area contributed by atoms with E-state index in [-0.39, 0.29) is 17.9 Å². The highest BCUT2D eigenvalue weighted by atomic mass is 32.2. The zero-order valence-electron chi connectivity index (χ0n) is 12.2. The lowest BCUT2D eigenvalue weighted by Gasteiger charge is -2.36. The Morgan fingerprint density at radius 3 is 2.05 bits per heavy atom. The smallest absolute Gasteiger partial charge is 0.225 e. The highest BCUT2D eigenvalue weighted by molar-refractivity contribution is 7.88. The van der Waals surface area contributed by atoms with E-state index in [1.807, 2.05) is 4.90 Å². The van der Waals surface area contributed by atoms with Crippen LogP contribution in [0.5, 0.6) is 0 Å². The topological polar surface area (TPSA) is 66.9 Å². The monoisotopic (exact) mass is 304 g/mol. The molecular formula is C13H24N2O4S. The number of ether oxygens (including phenoxy) is 1. The number of hydrogen-bond acceptors (Lipinski definition) is 4. The zero-order valence-corrected chi connectivity index (χ0v) is 13.1. The lowest BCUT2D eigenvalue weighted by Crippen LogP contribution is -2.47. The summed E-state index contributed by atoms with van der Waals surface area (Å²) in [7, 11) is -1.41. The second-order valence-electron chi connectivity index (χ2n) is 5.70. The van der Waals surface area contributed by atoms with Gasteiger partial charge in [0.25, 0.3) is 0 Å². The molecule has 0 saturated carbocycles. The minimum atomic E-state index is -3.12. The van der Waals surface area contributed by atoms with E-state index in [2.05, 4.69) is 0 Å². The molecular weight excluding hydrogens is 280 g/mol. The molecule has 0 N–H and O–H groups in total. The summed E-state index contributed by atoms with van der Waals surface area (Å²) in [6.45, 7) is 2.43. The van der Waals surface area contributed by atoms with Gasteiger partial charge in [0.2, 0.25) is 15.9 Å². The first kappa shape index (κ1) is 15.7. The molecule has 7 heteroatoms. The zero-order chi connectivity index (χ0) is 14.8. The van der Waals surface area contributed by atoms with E-state index in [1.54, 1.807) is 7.11 Å². The second kappa shape index (κ2) is 6.41. The fourth-order valence-electron chi connectivity index (χ4n) is 3.00. The molecule has 1 amide bonds. The van der Waals surface area contributed by atoms with Crippen LogP contribution in [0.2, 0.25) is 0 Å². The minimum absolute atomic E-state index is 0.0212. The normalized spacial score (nSPS) is 24.0. The lowest BCUT2D eigenvalue weighted by molar-refractivity contribution is -0.139. The Bertz CT molecular complexity index is 435. The summed E-state index contributed by atoms with van der Waals surface area (Å²) in [5, 5.41) is 0. The van der Waals surface area contributed by atoms with Gasteiger partial charge in [-0.15, -0.1) is 0 Å². The van der Waals surface area contributed by atoms with Crippen LogP contribution >= 0.6 is 0 Å². The maximum atomic E-state index is 12.4. The van der Waals surface area contributed by atoms with Gasteiger partial charge in [0, 0.05) is 39.2 Å². The molecule has 0 aromatic carbocycles. The van der Waals surface area contributed by atoms with Crippen molar-refractivity contribution in [1.29, 1.82) is 0 Å². The first-order chi connectivity index (χ1) is 9.41. The molecule has 2 fully saturated rings. The highest BCUT2D eigenvalue weighted by Crippen LogP contribution is 2.23. The summed E-state index contributed by atoms with van der Waals surface area (Å²) in [6, 6.07) is 0. The Balaban J connectivity index is 1.83. The van der Waals surface area contributed by atoms with Crippen LogP contribution in [-0.2, 0) is 19.6 Å². The van der Waals surface area contributed by atoms with Crippen molar-refractivity contribution in [2.75, 3.05) is 39.5 Å². The molecule has 0 aromatic heterocycles. The van der Waals surface area contributed by atoms with Gasteiger partial charge < -0.3 is 9.64 Å². The maximum absolute atomic E-state index is 12.4. The standard InChI is InChI=1S/C13H24N2O4S/c1-19-12-5-7-14(8-6-12)13(16)11-3-9-15(10-4-11)20(2,17)18/h11-12H,3-10H2,1-2H3. The molecule has 6 nitrogen and oxygen atoms in total. The fraction of sp³-hybridized carbons (Fsp3) is 0.923. The van der Waals surface area contributed by atoms with Gasteiger partial charge in [0.05, 0.1) is 12.4 Å². The summed E-state index contributed by atoms with van der Waals surface area (Å²) >= 11 is 0. The number of nitrogens with zero attached hydrogens (tertiary/aromatic N) is 2. The fourth-order valence-corrected chi connectivity index (χ4v) is 3.88. The van der Waals surface area contributed by atoms with Gasteiger partial charge in [-0.05, 0) is 25.7 Å². The number of carbonyl (C=O) groups is 1. The van der Waals surface area contributed by atoms with E-state index in [4.69, 9.17) is 4.74 Å². The summed E-state index contributed by atoms with van der Waals surface area (Å²) in [6.07, 6.45) is 4.55. The van der Waals surface area contributed by atoms with Gasteiger partial charge in [-0.1, -0.05) is 0 Å². The molecule has 0 atom stereocenters. The number of piperidine rings is 2. The lowest BCUT2D eigenvalue weighted by atomic mass is 9.95. The van der Waals surface area contributed by atoms with Crippen molar-refractivity contribution in [2.45, 2.75) is 31.8 Å². The number of sulfonamides is 1. The van der Waals surface area contributed by atoms with E-state index in [0.717, 1.165) is 25.9 Å². The predicted octanol–water partition coefficient (Wildman–Crippen LogP) is 0.295. The number of methoxy groups -OCH3 is 1. The van der Waals surface area contributed by atoms with Crippen LogP contribution in [0.4, 0.5) is 0 Å². The molecule has 2 rings (SSSR count). The van der Waals surface area contributed by atoms with E-state index >= 15 is 0 Å². The van der Waals surface area contributed by atoms with Crippen molar-refractivity contribution in [2.24, 2.45) is 5.92 Å². The SMILES string of the molecule is COC1CCN(C(=O)C2CCN(S(C)(=O)=O)CC2)CC1. The first-order valence-corrected chi connectivity index (χ1v) is 9.03. The van der Waals surface area contributed by atoms with E-state index in [1.165, 1.54) is 10.6 Å². The van der Waals surface area contributed by atoms with Crippen LogP contribution in [0.1, 0.15) is 25.7 Å². The third kappa shape index (κ3) is 3.71. The van der Waals surface area contributed by atoms with Crippen LogP contribution in [0, 0.1) is 5.92 Å². The van der Waals surface area contributed by atoms with Gasteiger partial charge in [-0.2, -0.15) is 0 Å². The average Bonchev–Trinajstić information content (AvgIpc) is 2.46. The van der Waals surface area contributed by atoms with Crippen molar-refractivity contribution >= 4 is 15.9 Å². The van der Waals surface area contributed by atoms with Gasteiger partial charge in [0.15, 0.2) is 0 Å². The molecule has 20 heavy (non-hydrogen) atoms.